The van der Waals surface area contributed by atoms with Gasteiger partial charge in [-0.15, -0.1) is 0 Å². The molecule has 9 heteroatoms. The summed E-state index contributed by atoms with van der Waals surface area (Å²) in [6.45, 7) is 2.70. The van der Waals surface area contributed by atoms with Crippen molar-refractivity contribution < 1.29 is 14.2 Å². The number of ether oxygens (including phenoxy) is 3. The number of benzene rings is 2. The van der Waals surface area contributed by atoms with E-state index in [2.05, 4.69) is 44.5 Å². The first-order valence-electron chi connectivity index (χ1n) is 11.4. The van der Waals surface area contributed by atoms with Crippen molar-refractivity contribution in [1.82, 2.24) is 24.4 Å². The SMILES string of the molecule is COc1cc(-n2cnc(Nc3ncc4c(n3)CN(Cc3ccccc3)CC4)c2)cc(OC)c1OC. The van der Waals surface area contributed by atoms with Gasteiger partial charge in [0.25, 0.3) is 0 Å². The summed E-state index contributed by atoms with van der Waals surface area (Å²) >= 11 is 0. The van der Waals surface area contributed by atoms with Gasteiger partial charge in [-0.3, -0.25) is 4.90 Å². The second-order valence-corrected chi connectivity index (χ2v) is 8.29. The van der Waals surface area contributed by atoms with Crippen LogP contribution in [0, 0.1) is 0 Å². The van der Waals surface area contributed by atoms with Crippen LogP contribution in [0.4, 0.5) is 11.8 Å². The first kappa shape index (κ1) is 22.7. The lowest BCUT2D eigenvalue weighted by Gasteiger charge is -2.28. The molecule has 0 spiro atoms. The quantitative estimate of drug-likeness (QED) is 0.412. The third kappa shape index (κ3) is 4.90. The van der Waals surface area contributed by atoms with Crippen molar-refractivity contribution in [1.29, 1.82) is 0 Å². The van der Waals surface area contributed by atoms with Crippen LogP contribution in [0.15, 0.2) is 61.2 Å². The number of hydrogen-bond donors (Lipinski definition) is 1. The highest BCUT2D eigenvalue weighted by molar-refractivity contribution is 5.59. The molecule has 9 nitrogen and oxygen atoms in total. The van der Waals surface area contributed by atoms with Gasteiger partial charge in [-0.2, -0.15) is 0 Å². The predicted molar refractivity (Wildman–Crippen MR) is 133 cm³/mol. The Morgan fingerprint density at radius 3 is 2.46 bits per heavy atom. The molecule has 1 N–H and O–H groups in total. The van der Waals surface area contributed by atoms with Gasteiger partial charge in [0.1, 0.15) is 6.33 Å². The molecule has 1 aliphatic rings. The average Bonchev–Trinajstić information content (AvgIpc) is 3.36. The van der Waals surface area contributed by atoms with Gasteiger partial charge in [0.15, 0.2) is 17.3 Å². The Morgan fingerprint density at radius 2 is 1.74 bits per heavy atom. The second-order valence-electron chi connectivity index (χ2n) is 8.29. The van der Waals surface area contributed by atoms with E-state index in [1.165, 1.54) is 11.1 Å². The zero-order valence-electron chi connectivity index (χ0n) is 20.1. The lowest BCUT2D eigenvalue weighted by molar-refractivity contribution is 0.241. The van der Waals surface area contributed by atoms with Gasteiger partial charge in [0.2, 0.25) is 11.7 Å². The van der Waals surface area contributed by atoms with Crippen molar-refractivity contribution in [3.05, 3.63) is 78.0 Å². The third-order valence-electron chi connectivity index (χ3n) is 6.04. The number of aromatic nitrogens is 4. The molecule has 0 amide bonds. The normalized spacial score (nSPS) is 13.2. The van der Waals surface area contributed by atoms with Gasteiger partial charge in [0, 0.05) is 38.0 Å². The van der Waals surface area contributed by atoms with E-state index >= 15 is 0 Å². The minimum atomic E-state index is 0.528. The van der Waals surface area contributed by atoms with E-state index in [1.54, 1.807) is 27.7 Å². The van der Waals surface area contributed by atoms with E-state index in [0.29, 0.717) is 29.0 Å². The van der Waals surface area contributed by atoms with Gasteiger partial charge in [-0.05, 0) is 17.5 Å². The smallest absolute Gasteiger partial charge is 0.228 e. The first-order chi connectivity index (χ1) is 17.2. The number of fused-ring (bicyclic) bond motifs is 1. The summed E-state index contributed by atoms with van der Waals surface area (Å²) in [5.74, 6) is 2.85. The van der Waals surface area contributed by atoms with Crippen LogP contribution < -0.4 is 19.5 Å². The van der Waals surface area contributed by atoms with E-state index < -0.39 is 0 Å². The van der Waals surface area contributed by atoms with Gasteiger partial charge in [-0.25, -0.2) is 15.0 Å². The maximum atomic E-state index is 5.46. The molecule has 0 saturated heterocycles. The van der Waals surface area contributed by atoms with Crippen LogP contribution >= 0.6 is 0 Å². The largest absolute Gasteiger partial charge is 0.493 e. The van der Waals surface area contributed by atoms with Crippen molar-refractivity contribution in [2.24, 2.45) is 0 Å². The lowest BCUT2D eigenvalue weighted by atomic mass is 10.1. The van der Waals surface area contributed by atoms with Crippen molar-refractivity contribution >= 4 is 11.8 Å². The Hall–Kier alpha value is -4.11. The average molecular weight is 473 g/mol. The molecule has 0 fully saturated rings. The van der Waals surface area contributed by atoms with Crippen molar-refractivity contribution in [3.63, 3.8) is 0 Å². The highest BCUT2D eigenvalue weighted by Crippen LogP contribution is 2.39. The summed E-state index contributed by atoms with van der Waals surface area (Å²) in [6, 6.07) is 14.2. The van der Waals surface area contributed by atoms with Crippen LogP contribution in [0.25, 0.3) is 5.69 Å². The minimum absolute atomic E-state index is 0.528. The lowest BCUT2D eigenvalue weighted by Crippen LogP contribution is -2.31. The summed E-state index contributed by atoms with van der Waals surface area (Å²) in [5, 5.41) is 3.23. The molecule has 1 aliphatic heterocycles. The number of imidazole rings is 1. The van der Waals surface area contributed by atoms with Crippen LogP contribution in [0.2, 0.25) is 0 Å². The summed E-state index contributed by atoms with van der Waals surface area (Å²) in [7, 11) is 4.77. The van der Waals surface area contributed by atoms with Crippen LogP contribution in [0.1, 0.15) is 16.8 Å². The molecule has 0 unspecified atom stereocenters. The monoisotopic (exact) mass is 472 g/mol. The summed E-state index contributed by atoms with van der Waals surface area (Å²) in [5.41, 5.74) is 4.38. The zero-order valence-corrected chi connectivity index (χ0v) is 20.1. The fourth-order valence-electron chi connectivity index (χ4n) is 4.25. The van der Waals surface area contributed by atoms with E-state index in [1.807, 2.05) is 35.2 Å². The Kier molecular flexibility index (Phi) is 6.49. The fraction of sp³-hybridized carbons (Fsp3) is 0.269. The molecule has 0 atom stereocenters. The summed E-state index contributed by atoms with van der Waals surface area (Å²) in [4.78, 5) is 16.2. The summed E-state index contributed by atoms with van der Waals surface area (Å²) < 4.78 is 18.2. The molecule has 4 aromatic rings. The maximum Gasteiger partial charge on any atom is 0.228 e. The van der Waals surface area contributed by atoms with Crippen LogP contribution in [0.5, 0.6) is 17.2 Å². The molecule has 2 aromatic carbocycles. The Balaban J connectivity index is 1.32. The Bertz CT molecular complexity index is 1280. The molecule has 2 aromatic heterocycles. The Labute approximate surface area is 204 Å². The number of methoxy groups -OCH3 is 3. The van der Waals surface area contributed by atoms with Crippen LogP contribution in [-0.2, 0) is 19.5 Å². The molecule has 3 heterocycles. The van der Waals surface area contributed by atoms with E-state index in [4.69, 9.17) is 19.2 Å². The molecular formula is C26H28N6O3. The number of nitrogens with zero attached hydrogens (tertiary/aromatic N) is 5. The second kappa shape index (κ2) is 10.0. The van der Waals surface area contributed by atoms with E-state index in [-0.39, 0.29) is 0 Å². The summed E-state index contributed by atoms with van der Waals surface area (Å²) in [6.07, 6.45) is 6.44. The van der Waals surface area contributed by atoms with Gasteiger partial charge < -0.3 is 24.1 Å². The highest BCUT2D eigenvalue weighted by atomic mass is 16.5. The van der Waals surface area contributed by atoms with Crippen molar-refractivity contribution in [3.8, 4) is 22.9 Å². The molecule has 35 heavy (non-hydrogen) atoms. The van der Waals surface area contributed by atoms with Gasteiger partial charge >= 0.3 is 0 Å². The molecule has 0 saturated carbocycles. The number of hydrogen-bond acceptors (Lipinski definition) is 8. The Morgan fingerprint density at radius 1 is 0.971 bits per heavy atom. The molecule has 0 radical (unpaired) electrons. The molecular weight excluding hydrogens is 444 g/mol. The zero-order chi connectivity index (χ0) is 24.2. The van der Waals surface area contributed by atoms with Crippen LogP contribution in [0.3, 0.4) is 0 Å². The van der Waals surface area contributed by atoms with Crippen LogP contribution in [-0.4, -0.2) is 52.3 Å². The highest BCUT2D eigenvalue weighted by Gasteiger charge is 2.19. The van der Waals surface area contributed by atoms with Crippen molar-refractivity contribution in [2.45, 2.75) is 19.5 Å². The van der Waals surface area contributed by atoms with Gasteiger partial charge in [-0.1, -0.05) is 30.3 Å². The standard InChI is InChI=1S/C26H28N6O3/c1-33-22-11-20(12-23(34-2)25(22)35-3)32-16-24(28-17-32)30-26-27-13-19-9-10-31(15-21(19)29-26)14-18-7-5-4-6-8-18/h4-8,11-13,16-17H,9-10,14-15H2,1-3H3,(H,27,29,30). The molecule has 0 aliphatic carbocycles. The third-order valence-corrected chi connectivity index (χ3v) is 6.04. The molecule has 5 rings (SSSR count). The topological polar surface area (TPSA) is 86.6 Å². The minimum Gasteiger partial charge on any atom is -0.493 e. The van der Waals surface area contributed by atoms with E-state index in [9.17, 15) is 0 Å². The van der Waals surface area contributed by atoms with Crippen molar-refractivity contribution in [2.75, 3.05) is 33.2 Å². The predicted octanol–water partition coefficient (Wildman–Crippen LogP) is 3.99. The molecule has 0 bridgehead atoms. The maximum absolute atomic E-state index is 5.46. The van der Waals surface area contributed by atoms with Gasteiger partial charge in [0.05, 0.1) is 38.9 Å². The molecule has 180 valence electrons. The fourth-order valence-corrected chi connectivity index (χ4v) is 4.25. The number of anilines is 2. The number of nitrogens with one attached hydrogen (secondary N) is 1. The number of rotatable bonds is 8. The first-order valence-corrected chi connectivity index (χ1v) is 11.4. The van der Waals surface area contributed by atoms with E-state index in [0.717, 1.165) is 37.4 Å².